The first-order valence-corrected chi connectivity index (χ1v) is 6.77. The van der Waals surface area contributed by atoms with Crippen LogP contribution in [0, 0.1) is 18.6 Å². The van der Waals surface area contributed by atoms with Gasteiger partial charge in [0.25, 0.3) is 10.0 Å². The van der Waals surface area contributed by atoms with Crippen molar-refractivity contribution < 1.29 is 17.2 Å². The Hall–Kier alpha value is -2.02. The highest BCUT2D eigenvalue weighted by atomic mass is 32.2. The molecule has 2 aromatic rings. The van der Waals surface area contributed by atoms with Gasteiger partial charge in [-0.3, -0.25) is 9.71 Å². The van der Waals surface area contributed by atoms with Crippen LogP contribution in [-0.2, 0) is 10.0 Å². The van der Waals surface area contributed by atoms with E-state index in [0.717, 1.165) is 12.1 Å². The standard InChI is InChI=1S/C12H10F2N2O2S/c1-8-6-10(4-5-15-8)16-19(17,18)12-3-2-9(13)7-11(12)14/h2-7H,1H3,(H,15,16). The molecule has 0 aliphatic heterocycles. The third-order valence-corrected chi connectivity index (χ3v) is 3.75. The zero-order valence-electron chi connectivity index (χ0n) is 9.89. The van der Waals surface area contributed by atoms with Crippen LogP contribution in [0.2, 0.25) is 0 Å². The van der Waals surface area contributed by atoms with Crippen LogP contribution >= 0.6 is 0 Å². The lowest BCUT2D eigenvalue weighted by Crippen LogP contribution is -2.14. The molecule has 0 radical (unpaired) electrons. The Balaban J connectivity index is 2.38. The number of sulfonamides is 1. The van der Waals surface area contributed by atoms with Crippen LogP contribution in [0.4, 0.5) is 14.5 Å². The number of anilines is 1. The van der Waals surface area contributed by atoms with Crippen molar-refractivity contribution in [2.75, 3.05) is 4.72 Å². The molecule has 7 heteroatoms. The number of aromatic nitrogens is 1. The molecule has 0 saturated carbocycles. The number of aryl methyl sites for hydroxylation is 1. The van der Waals surface area contributed by atoms with Crippen molar-refractivity contribution in [3.63, 3.8) is 0 Å². The van der Waals surface area contributed by atoms with Crippen LogP contribution in [-0.4, -0.2) is 13.4 Å². The highest BCUT2D eigenvalue weighted by Gasteiger charge is 2.19. The van der Waals surface area contributed by atoms with Gasteiger partial charge in [-0.15, -0.1) is 0 Å². The van der Waals surface area contributed by atoms with E-state index in [-0.39, 0.29) is 5.69 Å². The minimum Gasteiger partial charge on any atom is -0.279 e. The molecule has 0 atom stereocenters. The van der Waals surface area contributed by atoms with E-state index in [1.165, 1.54) is 18.3 Å². The van der Waals surface area contributed by atoms with Crippen molar-refractivity contribution in [3.05, 3.63) is 53.9 Å². The number of rotatable bonds is 3. The Labute approximate surface area is 109 Å². The van der Waals surface area contributed by atoms with Gasteiger partial charge in [0.2, 0.25) is 0 Å². The number of nitrogens with zero attached hydrogens (tertiary/aromatic N) is 1. The van der Waals surface area contributed by atoms with Gasteiger partial charge >= 0.3 is 0 Å². The van der Waals surface area contributed by atoms with Crippen LogP contribution < -0.4 is 4.72 Å². The molecule has 1 aromatic carbocycles. The summed E-state index contributed by atoms with van der Waals surface area (Å²) in [7, 11) is -4.10. The molecule has 1 heterocycles. The Morgan fingerprint density at radius 3 is 2.53 bits per heavy atom. The molecular formula is C12H10F2N2O2S. The average molecular weight is 284 g/mol. The van der Waals surface area contributed by atoms with Crippen LogP contribution in [0.1, 0.15) is 5.69 Å². The zero-order valence-corrected chi connectivity index (χ0v) is 10.7. The van der Waals surface area contributed by atoms with Crippen molar-refractivity contribution in [2.24, 2.45) is 0 Å². The van der Waals surface area contributed by atoms with Gasteiger partial charge in [0.05, 0.1) is 5.69 Å². The minimum absolute atomic E-state index is 0.260. The first kappa shape index (κ1) is 13.4. The van der Waals surface area contributed by atoms with E-state index >= 15 is 0 Å². The van der Waals surface area contributed by atoms with Gasteiger partial charge in [0.1, 0.15) is 16.5 Å². The molecule has 2 rings (SSSR count). The lowest BCUT2D eigenvalue weighted by Gasteiger charge is -2.09. The first-order valence-electron chi connectivity index (χ1n) is 5.29. The van der Waals surface area contributed by atoms with E-state index in [1.54, 1.807) is 6.92 Å². The van der Waals surface area contributed by atoms with Gasteiger partial charge < -0.3 is 0 Å². The summed E-state index contributed by atoms with van der Waals surface area (Å²) in [6.45, 7) is 1.69. The van der Waals surface area contributed by atoms with Crippen LogP contribution in [0.5, 0.6) is 0 Å². The third-order valence-electron chi connectivity index (χ3n) is 2.33. The largest absolute Gasteiger partial charge is 0.279 e. The molecule has 0 spiro atoms. The maximum atomic E-state index is 13.5. The number of benzene rings is 1. The topological polar surface area (TPSA) is 59.1 Å². The zero-order chi connectivity index (χ0) is 14.0. The molecule has 0 aliphatic carbocycles. The molecule has 0 bridgehead atoms. The number of pyridine rings is 1. The fourth-order valence-corrected chi connectivity index (χ4v) is 2.62. The van der Waals surface area contributed by atoms with E-state index in [0.29, 0.717) is 11.8 Å². The Bertz CT molecular complexity index is 717. The Morgan fingerprint density at radius 2 is 1.89 bits per heavy atom. The predicted molar refractivity (Wildman–Crippen MR) is 66.1 cm³/mol. The van der Waals surface area contributed by atoms with Gasteiger partial charge in [-0.1, -0.05) is 0 Å². The van der Waals surface area contributed by atoms with E-state index < -0.39 is 26.6 Å². The van der Waals surface area contributed by atoms with Gasteiger partial charge in [-0.2, -0.15) is 0 Å². The Morgan fingerprint density at radius 1 is 1.16 bits per heavy atom. The molecule has 1 aromatic heterocycles. The van der Waals surface area contributed by atoms with Crippen molar-refractivity contribution in [1.29, 1.82) is 0 Å². The number of nitrogens with one attached hydrogen (secondary N) is 1. The number of hydrogen-bond acceptors (Lipinski definition) is 3. The van der Waals surface area contributed by atoms with E-state index in [2.05, 4.69) is 9.71 Å². The summed E-state index contributed by atoms with van der Waals surface area (Å²) in [6.07, 6.45) is 1.42. The van der Waals surface area contributed by atoms with E-state index in [9.17, 15) is 17.2 Å². The minimum atomic E-state index is -4.10. The third kappa shape index (κ3) is 3.05. The summed E-state index contributed by atoms with van der Waals surface area (Å²) in [5.74, 6) is -1.98. The molecule has 0 amide bonds. The fourth-order valence-electron chi connectivity index (χ4n) is 1.51. The quantitative estimate of drug-likeness (QED) is 0.942. The lowest BCUT2D eigenvalue weighted by molar-refractivity contribution is 0.551. The first-order chi connectivity index (χ1) is 8.88. The van der Waals surface area contributed by atoms with Gasteiger partial charge in [0, 0.05) is 18.0 Å². The molecule has 0 aliphatic rings. The fraction of sp³-hybridized carbons (Fsp3) is 0.0833. The number of halogens is 2. The van der Waals surface area contributed by atoms with Crippen molar-refractivity contribution in [2.45, 2.75) is 11.8 Å². The van der Waals surface area contributed by atoms with Crippen molar-refractivity contribution in [3.8, 4) is 0 Å². The monoisotopic (exact) mass is 284 g/mol. The van der Waals surface area contributed by atoms with Gasteiger partial charge in [-0.25, -0.2) is 17.2 Å². The molecule has 0 unspecified atom stereocenters. The Kier molecular flexibility index (Phi) is 3.48. The summed E-state index contributed by atoms with van der Waals surface area (Å²) in [5, 5.41) is 0. The highest BCUT2D eigenvalue weighted by molar-refractivity contribution is 7.92. The summed E-state index contributed by atoms with van der Waals surface area (Å²) >= 11 is 0. The maximum Gasteiger partial charge on any atom is 0.264 e. The molecule has 1 N–H and O–H groups in total. The summed E-state index contributed by atoms with van der Waals surface area (Å²) in [5.41, 5.74) is 0.871. The van der Waals surface area contributed by atoms with Crippen molar-refractivity contribution >= 4 is 15.7 Å². The second-order valence-electron chi connectivity index (χ2n) is 3.87. The van der Waals surface area contributed by atoms with Gasteiger partial charge in [0.15, 0.2) is 0 Å². The second-order valence-corrected chi connectivity index (χ2v) is 5.52. The smallest absolute Gasteiger partial charge is 0.264 e. The lowest BCUT2D eigenvalue weighted by atomic mass is 10.3. The van der Waals surface area contributed by atoms with Crippen molar-refractivity contribution in [1.82, 2.24) is 4.98 Å². The normalized spacial score (nSPS) is 11.3. The maximum absolute atomic E-state index is 13.5. The van der Waals surface area contributed by atoms with Crippen LogP contribution in [0.15, 0.2) is 41.4 Å². The summed E-state index contributed by atoms with van der Waals surface area (Å²) in [4.78, 5) is 3.31. The van der Waals surface area contributed by atoms with E-state index in [1.807, 2.05) is 0 Å². The summed E-state index contributed by atoms with van der Waals surface area (Å²) in [6, 6.07) is 5.22. The molecule has 0 fully saturated rings. The molecule has 0 saturated heterocycles. The molecule has 19 heavy (non-hydrogen) atoms. The SMILES string of the molecule is Cc1cc(NS(=O)(=O)c2ccc(F)cc2F)ccn1. The van der Waals surface area contributed by atoms with Crippen LogP contribution in [0.3, 0.4) is 0 Å². The van der Waals surface area contributed by atoms with Crippen LogP contribution in [0.25, 0.3) is 0 Å². The molecule has 4 nitrogen and oxygen atoms in total. The highest BCUT2D eigenvalue weighted by Crippen LogP contribution is 2.19. The summed E-state index contributed by atoms with van der Waals surface area (Å²) < 4.78 is 52.3. The molecule has 100 valence electrons. The average Bonchev–Trinajstić information content (AvgIpc) is 2.27. The van der Waals surface area contributed by atoms with Gasteiger partial charge in [-0.05, 0) is 31.2 Å². The number of hydrogen-bond donors (Lipinski definition) is 1. The molecular weight excluding hydrogens is 274 g/mol. The van der Waals surface area contributed by atoms with E-state index in [4.69, 9.17) is 0 Å². The predicted octanol–water partition coefficient (Wildman–Crippen LogP) is 2.47. The second kappa shape index (κ2) is 4.93.